The van der Waals surface area contributed by atoms with Crippen molar-refractivity contribution in [1.82, 2.24) is 10.2 Å². The van der Waals surface area contributed by atoms with Gasteiger partial charge in [-0.3, -0.25) is 9.59 Å². The van der Waals surface area contributed by atoms with Crippen molar-refractivity contribution in [3.05, 3.63) is 35.4 Å². The highest BCUT2D eigenvalue weighted by Crippen LogP contribution is 2.19. The third-order valence-electron chi connectivity index (χ3n) is 3.86. The molecule has 0 aliphatic carbocycles. The largest absolute Gasteiger partial charge is 0.352 e. The van der Waals surface area contributed by atoms with Crippen molar-refractivity contribution in [2.45, 2.75) is 39.2 Å². The van der Waals surface area contributed by atoms with Gasteiger partial charge in [0.2, 0.25) is 11.8 Å². The Balaban J connectivity index is 1.99. The van der Waals surface area contributed by atoms with Gasteiger partial charge in [0.15, 0.2) is 0 Å². The van der Waals surface area contributed by atoms with Gasteiger partial charge in [-0.2, -0.15) is 0 Å². The number of piperazine rings is 1. The third-order valence-corrected chi connectivity index (χ3v) is 3.86. The number of hydrogen-bond donors (Lipinski definition) is 1. The molecule has 4 heteroatoms. The molecule has 0 bridgehead atoms. The van der Waals surface area contributed by atoms with Crippen LogP contribution >= 0.6 is 0 Å². The molecule has 20 heavy (non-hydrogen) atoms. The van der Waals surface area contributed by atoms with E-state index in [0.717, 1.165) is 5.56 Å². The Bertz CT molecular complexity index is 523. The summed E-state index contributed by atoms with van der Waals surface area (Å²) < 4.78 is 0. The highest BCUT2D eigenvalue weighted by atomic mass is 16.2. The van der Waals surface area contributed by atoms with E-state index < -0.39 is 5.54 Å². The fourth-order valence-electron chi connectivity index (χ4n) is 2.59. The van der Waals surface area contributed by atoms with Crippen LogP contribution in [0, 0.1) is 6.92 Å². The van der Waals surface area contributed by atoms with Crippen LogP contribution in [0.2, 0.25) is 0 Å². The monoisotopic (exact) mass is 274 g/mol. The van der Waals surface area contributed by atoms with Crippen LogP contribution in [0.3, 0.4) is 0 Å². The molecule has 1 aliphatic rings. The molecule has 2 rings (SSSR count). The molecule has 0 unspecified atom stereocenters. The zero-order chi connectivity index (χ0) is 14.8. The van der Waals surface area contributed by atoms with Gasteiger partial charge in [0.1, 0.15) is 5.54 Å². The Hall–Kier alpha value is -1.84. The summed E-state index contributed by atoms with van der Waals surface area (Å²) in [7, 11) is 0. The summed E-state index contributed by atoms with van der Waals surface area (Å²) in [6, 6.07) is 8.19. The average Bonchev–Trinajstić information content (AvgIpc) is 2.39. The van der Waals surface area contributed by atoms with Crippen LogP contribution in [0.15, 0.2) is 24.3 Å². The van der Waals surface area contributed by atoms with Crippen LogP contribution in [-0.4, -0.2) is 35.3 Å². The maximum atomic E-state index is 12.4. The number of rotatable bonds is 3. The summed E-state index contributed by atoms with van der Waals surface area (Å²) in [6.45, 7) is 6.77. The van der Waals surface area contributed by atoms with E-state index in [0.29, 0.717) is 25.9 Å². The van der Waals surface area contributed by atoms with Gasteiger partial charge in [0, 0.05) is 19.5 Å². The van der Waals surface area contributed by atoms with Gasteiger partial charge in [-0.1, -0.05) is 29.8 Å². The number of amides is 2. The van der Waals surface area contributed by atoms with Crippen molar-refractivity contribution >= 4 is 11.8 Å². The molecule has 1 heterocycles. The fourth-order valence-corrected chi connectivity index (χ4v) is 2.59. The smallest absolute Gasteiger partial charge is 0.245 e. The van der Waals surface area contributed by atoms with Gasteiger partial charge in [-0.05, 0) is 32.8 Å². The predicted octanol–water partition coefficient (Wildman–Crippen LogP) is 1.66. The second-order valence-electron chi connectivity index (χ2n) is 5.85. The lowest BCUT2D eigenvalue weighted by atomic mass is 9.97. The standard InChI is InChI=1S/C16H22N2O2/c1-12-5-4-6-13(11-12)7-8-14(19)18-10-9-17-15(20)16(18,2)3/h4-6,11H,7-10H2,1-3H3,(H,17,20). The van der Waals surface area contributed by atoms with Gasteiger partial charge >= 0.3 is 0 Å². The van der Waals surface area contributed by atoms with Crippen molar-refractivity contribution in [2.75, 3.05) is 13.1 Å². The van der Waals surface area contributed by atoms with Gasteiger partial charge in [-0.15, -0.1) is 0 Å². The van der Waals surface area contributed by atoms with Crippen LogP contribution in [-0.2, 0) is 16.0 Å². The molecule has 1 fully saturated rings. The molecule has 2 amide bonds. The minimum absolute atomic E-state index is 0.0476. The normalized spacial score (nSPS) is 17.8. The first-order chi connectivity index (χ1) is 9.41. The van der Waals surface area contributed by atoms with Crippen molar-refractivity contribution < 1.29 is 9.59 Å². The molecular formula is C16H22N2O2. The second-order valence-corrected chi connectivity index (χ2v) is 5.85. The minimum atomic E-state index is -0.748. The van der Waals surface area contributed by atoms with Gasteiger partial charge in [0.25, 0.3) is 0 Å². The molecule has 0 radical (unpaired) electrons. The molecule has 0 saturated carbocycles. The van der Waals surface area contributed by atoms with Crippen LogP contribution in [0.25, 0.3) is 0 Å². The Morgan fingerprint density at radius 3 is 2.85 bits per heavy atom. The van der Waals surface area contributed by atoms with Gasteiger partial charge < -0.3 is 10.2 Å². The summed E-state index contributed by atoms with van der Waals surface area (Å²) in [5, 5.41) is 2.81. The topological polar surface area (TPSA) is 49.4 Å². The van der Waals surface area contributed by atoms with Crippen molar-refractivity contribution in [3.63, 3.8) is 0 Å². The van der Waals surface area contributed by atoms with E-state index in [1.807, 2.05) is 25.1 Å². The molecule has 4 nitrogen and oxygen atoms in total. The minimum Gasteiger partial charge on any atom is -0.352 e. The maximum Gasteiger partial charge on any atom is 0.245 e. The lowest BCUT2D eigenvalue weighted by molar-refractivity contribution is -0.149. The number of benzene rings is 1. The Morgan fingerprint density at radius 1 is 1.40 bits per heavy atom. The zero-order valence-corrected chi connectivity index (χ0v) is 12.4. The SMILES string of the molecule is Cc1cccc(CCC(=O)N2CCNC(=O)C2(C)C)c1. The first-order valence-electron chi connectivity index (χ1n) is 7.05. The van der Waals surface area contributed by atoms with Gasteiger partial charge in [0.05, 0.1) is 0 Å². The second kappa shape index (κ2) is 5.65. The summed E-state index contributed by atoms with van der Waals surface area (Å²) in [4.78, 5) is 25.9. The first kappa shape index (κ1) is 14.6. The summed E-state index contributed by atoms with van der Waals surface area (Å²) >= 11 is 0. The molecule has 1 aromatic carbocycles. The maximum absolute atomic E-state index is 12.4. The molecule has 1 N–H and O–H groups in total. The van der Waals surface area contributed by atoms with Crippen LogP contribution in [0.5, 0.6) is 0 Å². The predicted molar refractivity (Wildman–Crippen MR) is 78.3 cm³/mol. The van der Waals surface area contributed by atoms with Crippen LogP contribution < -0.4 is 5.32 Å². The third kappa shape index (κ3) is 3.00. The number of carbonyl (C=O) groups is 2. The van der Waals surface area contributed by atoms with Crippen molar-refractivity contribution in [1.29, 1.82) is 0 Å². The Labute approximate surface area is 120 Å². The first-order valence-corrected chi connectivity index (χ1v) is 7.05. The molecule has 1 saturated heterocycles. The molecule has 0 spiro atoms. The highest BCUT2D eigenvalue weighted by Gasteiger charge is 2.39. The molecule has 0 atom stereocenters. The van der Waals surface area contributed by atoms with E-state index in [1.165, 1.54) is 5.56 Å². The van der Waals surface area contributed by atoms with Crippen molar-refractivity contribution in [3.8, 4) is 0 Å². The quantitative estimate of drug-likeness (QED) is 0.911. The average molecular weight is 274 g/mol. The fraction of sp³-hybridized carbons (Fsp3) is 0.500. The van der Waals surface area contributed by atoms with E-state index >= 15 is 0 Å². The molecule has 0 aromatic heterocycles. The molecule has 108 valence electrons. The summed E-state index contributed by atoms with van der Waals surface area (Å²) in [6.07, 6.45) is 1.16. The number of carbonyl (C=O) groups excluding carboxylic acids is 2. The lowest BCUT2D eigenvalue weighted by Gasteiger charge is -2.41. The molecular weight excluding hydrogens is 252 g/mol. The summed E-state index contributed by atoms with van der Waals surface area (Å²) in [5.74, 6) is -0.0287. The van der Waals surface area contributed by atoms with E-state index in [-0.39, 0.29) is 11.8 Å². The molecule has 1 aromatic rings. The highest BCUT2D eigenvalue weighted by molar-refractivity contribution is 5.91. The Kier molecular flexibility index (Phi) is 4.12. The van der Waals surface area contributed by atoms with Crippen molar-refractivity contribution in [2.24, 2.45) is 0 Å². The van der Waals surface area contributed by atoms with E-state index in [2.05, 4.69) is 11.4 Å². The Morgan fingerprint density at radius 2 is 2.15 bits per heavy atom. The van der Waals surface area contributed by atoms with Gasteiger partial charge in [-0.25, -0.2) is 0 Å². The number of nitrogens with one attached hydrogen (secondary N) is 1. The zero-order valence-electron chi connectivity index (χ0n) is 12.4. The molecule has 1 aliphatic heterocycles. The van der Waals surface area contributed by atoms with Crippen LogP contribution in [0.4, 0.5) is 0 Å². The number of aryl methyl sites for hydroxylation is 2. The van der Waals surface area contributed by atoms with E-state index in [4.69, 9.17) is 0 Å². The van der Waals surface area contributed by atoms with E-state index in [1.54, 1.807) is 18.7 Å². The summed E-state index contributed by atoms with van der Waals surface area (Å²) in [5.41, 5.74) is 1.62. The lowest BCUT2D eigenvalue weighted by Crippen LogP contribution is -2.63. The van der Waals surface area contributed by atoms with Crippen LogP contribution in [0.1, 0.15) is 31.4 Å². The number of nitrogens with zero attached hydrogens (tertiary/aromatic N) is 1. The number of hydrogen-bond acceptors (Lipinski definition) is 2. The van der Waals surface area contributed by atoms with E-state index in [9.17, 15) is 9.59 Å².